The van der Waals surface area contributed by atoms with Crippen molar-refractivity contribution in [1.82, 2.24) is 0 Å². The summed E-state index contributed by atoms with van der Waals surface area (Å²) in [6.45, 7) is 1.90. The van der Waals surface area contributed by atoms with Gasteiger partial charge in [-0.1, -0.05) is 30.3 Å². The van der Waals surface area contributed by atoms with Gasteiger partial charge in [0.1, 0.15) is 9.77 Å². The van der Waals surface area contributed by atoms with Gasteiger partial charge in [-0.2, -0.15) is 0 Å². The van der Waals surface area contributed by atoms with E-state index in [4.69, 9.17) is 0 Å². The zero-order valence-corrected chi connectivity index (χ0v) is 16.0. The third kappa shape index (κ3) is 3.63. The second kappa shape index (κ2) is 7.31. The highest BCUT2D eigenvalue weighted by molar-refractivity contribution is 7.93. The number of hydrogen-bond acceptors (Lipinski definition) is 4. The summed E-state index contributed by atoms with van der Waals surface area (Å²) >= 11 is 1.10. The van der Waals surface area contributed by atoms with Crippen LogP contribution in [0.2, 0.25) is 0 Å². The van der Waals surface area contributed by atoms with Gasteiger partial charge in [0, 0.05) is 12.7 Å². The molecule has 0 bridgehead atoms. The van der Waals surface area contributed by atoms with Crippen molar-refractivity contribution in [3.05, 3.63) is 76.5 Å². The van der Waals surface area contributed by atoms with Crippen LogP contribution < -0.4 is 9.62 Å². The van der Waals surface area contributed by atoms with Crippen LogP contribution in [0.1, 0.15) is 15.2 Å². The molecule has 3 rings (SSSR count). The van der Waals surface area contributed by atoms with E-state index in [-0.39, 0.29) is 9.77 Å². The van der Waals surface area contributed by atoms with E-state index in [1.807, 2.05) is 19.1 Å². The topological polar surface area (TPSA) is 66.5 Å². The summed E-state index contributed by atoms with van der Waals surface area (Å²) in [6, 6.07) is 17.6. The van der Waals surface area contributed by atoms with Gasteiger partial charge in [-0.25, -0.2) is 8.42 Å². The van der Waals surface area contributed by atoms with Crippen molar-refractivity contribution in [2.45, 2.75) is 11.8 Å². The first kappa shape index (κ1) is 18.2. The molecule has 134 valence electrons. The third-order valence-electron chi connectivity index (χ3n) is 3.87. The highest BCUT2D eigenvalue weighted by atomic mass is 32.2. The molecule has 0 aliphatic carbocycles. The maximum atomic E-state index is 13.0. The maximum Gasteiger partial charge on any atom is 0.267 e. The van der Waals surface area contributed by atoms with Gasteiger partial charge in [-0.3, -0.25) is 9.10 Å². The molecule has 0 aliphatic heterocycles. The molecule has 26 heavy (non-hydrogen) atoms. The molecule has 1 amide bonds. The molecule has 5 nitrogen and oxygen atoms in total. The van der Waals surface area contributed by atoms with Gasteiger partial charge in [0.25, 0.3) is 15.9 Å². The first-order valence-corrected chi connectivity index (χ1v) is 10.2. The molecular formula is C19H18N2O3S2. The van der Waals surface area contributed by atoms with Crippen molar-refractivity contribution in [3.8, 4) is 0 Å². The van der Waals surface area contributed by atoms with Crippen molar-refractivity contribution < 1.29 is 13.2 Å². The molecule has 0 aliphatic rings. The Morgan fingerprint density at radius 1 is 1.04 bits per heavy atom. The Morgan fingerprint density at radius 3 is 2.46 bits per heavy atom. The lowest BCUT2D eigenvalue weighted by molar-refractivity contribution is 0.102. The van der Waals surface area contributed by atoms with Crippen LogP contribution in [0.5, 0.6) is 0 Å². The van der Waals surface area contributed by atoms with Crippen LogP contribution in [0.3, 0.4) is 0 Å². The molecule has 2 aromatic carbocycles. The largest absolute Gasteiger partial charge is 0.321 e. The number of aryl methyl sites for hydroxylation is 1. The Hall–Kier alpha value is -2.64. The van der Waals surface area contributed by atoms with Crippen molar-refractivity contribution in [2.24, 2.45) is 0 Å². The molecule has 7 heteroatoms. The van der Waals surface area contributed by atoms with Gasteiger partial charge in [-0.15, -0.1) is 11.3 Å². The summed E-state index contributed by atoms with van der Waals surface area (Å²) in [6.07, 6.45) is 0. The summed E-state index contributed by atoms with van der Waals surface area (Å²) in [5, 5.41) is 4.34. The van der Waals surface area contributed by atoms with Crippen LogP contribution >= 0.6 is 11.3 Å². The minimum absolute atomic E-state index is 0.0000581. The number of benzene rings is 2. The second-order valence-electron chi connectivity index (χ2n) is 5.75. The minimum atomic E-state index is -3.85. The molecule has 0 atom stereocenters. The number of anilines is 2. The normalized spacial score (nSPS) is 11.2. The van der Waals surface area contributed by atoms with E-state index < -0.39 is 15.9 Å². The summed E-state index contributed by atoms with van der Waals surface area (Å²) < 4.78 is 27.3. The fourth-order valence-corrected chi connectivity index (χ4v) is 4.97. The summed E-state index contributed by atoms with van der Waals surface area (Å²) in [7, 11) is -2.36. The Balaban J connectivity index is 1.92. The molecule has 1 heterocycles. The fraction of sp³-hybridized carbons (Fsp3) is 0.105. The Bertz CT molecular complexity index is 1030. The van der Waals surface area contributed by atoms with Crippen molar-refractivity contribution in [2.75, 3.05) is 16.7 Å². The summed E-state index contributed by atoms with van der Waals surface area (Å²) in [5.74, 6) is -0.442. The lowest BCUT2D eigenvalue weighted by Gasteiger charge is -2.20. The standard InChI is InChI=1S/C19H18N2O3S2/c1-14-7-6-10-16(13-14)21(2)26(23,24)17-11-12-25-18(17)19(22)20-15-8-4-3-5-9-15/h3-13H,1-2H3,(H,20,22). The van der Waals surface area contributed by atoms with Gasteiger partial charge >= 0.3 is 0 Å². The van der Waals surface area contributed by atoms with E-state index >= 15 is 0 Å². The lowest BCUT2D eigenvalue weighted by Crippen LogP contribution is -2.28. The molecule has 0 spiro atoms. The summed E-state index contributed by atoms with van der Waals surface area (Å²) in [4.78, 5) is 12.7. The van der Waals surface area contributed by atoms with Gasteiger partial charge < -0.3 is 5.32 Å². The van der Waals surface area contributed by atoms with E-state index in [0.717, 1.165) is 16.9 Å². The molecule has 0 saturated heterocycles. The van der Waals surface area contributed by atoms with Crippen LogP contribution in [0.15, 0.2) is 70.9 Å². The third-order valence-corrected chi connectivity index (χ3v) is 6.74. The van der Waals surface area contributed by atoms with Crippen LogP contribution in [-0.2, 0) is 10.0 Å². The van der Waals surface area contributed by atoms with Crippen LogP contribution in [-0.4, -0.2) is 21.4 Å². The SMILES string of the molecule is Cc1cccc(N(C)S(=O)(=O)c2ccsc2C(=O)Nc2ccccc2)c1. The van der Waals surface area contributed by atoms with E-state index in [1.165, 1.54) is 17.4 Å². The minimum Gasteiger partial charge on any atom is -0.321 e. The average molecular weight is 386 g/mol. The van der Waals surface area contributed by atoms with Crippen LogP contribution in [0, 0.1) is 6.92 Å². The Morgan fingerprint density at radius 2 is 1.77 bits per heavy atom. The van der Waals surface area contributed by atoms with Crippen molar-refractivity contribution in [3.63, 3.8) is 0 Å². The number of nitrogens with one attached hydrogen (secondary N) is 1. The van der Waals surface area contributed by atoms with E-state index in [0.29, 0.717) is 11.4 Å². The number of hydrogen-bond donors (Lipinski definition) is 1. The van der Waals surface area contributed by atoms with Gasteiger partial charge in [0.05, 0.1) is 5.69 Å². The first-order chi connectivity index (χ1) is 12.4. The average Bonchev–Trinajstić information content (AvgIpc) is 3.13. The Labute approximate surface area is 157 Å². The number of thiophene rings is 1. The number of carbonyl (C=O) groups is 1. The fourth-order valence-electron chi connectivity index (χ4n) is 2.49. The van der Waals surface area contributed by atoms with Crippen LogP contribution in [0.4, 0.5) is 11.4 Å². The van der Waals surface area contributed by atoms with E-state index in [1.54, 1.807) is 47.8 Å². The van der Waals surface area contributed by atoms with Gasteiger partial charge in [-0.05, 0) is 48.2 Å². The molecule has 1 N–H and O–H groups in total. The monoisotopic (exact) mass is 386 g/mol. The predicted octanol–water partition coefficient (Wildman–Crippen LogP) is 4.13. The molecule has 0 fully saturated rings. The molecule has 1 aromatic heterocycles. The lowest BCUT2D eigenvalue weighted by atomic mass is 10.2. The van der Waals surface area contributed by atoms with Gasteiger partial charge in [0.15, 0.2) is 0 Å². The molecule has 3 aromatic rings. The number of carbonyl (C=O) groups excluding carboxylic acids is 1. The first-order valence-electron chi connectivity index (χ1n) is 7.89. The number of amides is 1. The number of rotatable bonds is 5. The van der Waals surface area contributed by atoms with Crippen molar-refractivity contribution in [1.29, 1.82) is 0 Å². The Kier molecular flexibility index (Phi) is 5.11. The number of sulfonamides is 1. The molecule has 0 saturated carbocycles. The zero-order chi connectivity index (χ0) is 18.7. The quantitative estimate of drug-likeness (QED) is 0.717. The highest BCUT2D eigenvalue weighted by Crippen LogP contribution is 2.29. The van der Waals surface area contributed by atoms with E-state index in [9.17, 15) is 13.2 Å². The molecule has 0 radical (unpaired) electrons. The van der Waals surface area contributed by atoms with Gasteiger partial charge in [0.2, 0.25) is 0 Å². The van der Waals surface area contributed by atoms with Crippen LogP contribution in [0.25, 0.3) is 0 Å². The van der Waals surface area contributed by atoms with Crippen molar-refractivity contribution >= 4 is 38.6 Å². The summed E-state index contributed by atoms with van der Waals surface area (Å²) in [5.41, 5.74) is 2.11. The highest BCUT2D eigenvalue weighted by Gasteiger charge is 2.28. The number of para-hydroxylation sites is 1. The second-order valence-corrected chi connectivity index (χ2v) is 8.60. The van der Waals surface area contributed by atoms with E-state index in [2.05, 4.69) is 5.32 Å². The predicted molar refractivity (Wildman–Crippen MR) is 105 cm³/mol. The number of nitrogens with zero attached hydrogens (tertiary/aromatic N) is 1. The molecule has 0 unspecified atom stereocenters. The molecular weight excluding hydrogens is 368 g/mol. The smallest absolute Gasteiger partial charge is 0.267 e. The maximum absolute atomic E-state index is 13.0. The zero-order valence-electron chi connectivity index (χ0n) is 14.3.